The second-order valence-corrected chi connectivity index (χ2v) is 7.25. The molecule has 2 rings (SSSR count). The Balaban J connectivity index is 2.14. The van der Waals surface area contributed by atoms with Crippen LogP contribution in [-0.4, -0.2) is 35.4 Å². The molecule has 0 heterocycles. The zero-order valence-electron chi connectivity index (χ0n) is 17.4. The summed E-state index contributed by atoms with van der Waals surface area (Å²) in [5, 5.41) is 2.91. The van der Waals surface area contributed by atoms with Gasteiger partial charge in [0, 0.05) is 12.6 Å². The van der Waals surface area contributed by atoms with Crippen LogP contribution in [0.25, 0.3) is 0 Å². The van der Waals surface area contributed by atoms with Crippen molar-refractivity contribution in [2.75, 3.05) is 6.61 Å². The highest BCUT2D eigenvalue weighted by Crippen LogP contribution is 2.15. The van der Waals surface area contributed by atoms with E-state index in [1.165, 1.54) is 17.0 Å². The van der Waals surface area contributed by atoms with Crippen molar-refractivity contribution in [3.63, 3.8) is 0 Å². The van der Waals surface area contributed by atoms with Gasteiger partial charge in [0.05, 0.1) is 0 Å². The largest absolute Gasteiger partial charge is 0.484 e. The first-order valence-corrected chi connectivity index (χ1v) is 9.84. The minimum Gasteiger partial charge on any atom is -0.484 e. The summed E-state index contributed by atoms with van der Waals surface area (Å²) >= 11 is 0. The molecule has 0 fully saturated rings. The van der Waals surface area contributed by atoms with Gasteiger partial charge in [0.1, 0.15) is 17.6 Å². The summed E-state index contributed by atoms with van der Waals surface area (Å²) in [6, 6.07) is 12.6. The number of ether oxygens (including phenoxy) is 1. The van der Waals surface area contributed by atoms with Crippen LogP contribution < -0.4 is 10.1 Å². The SMILES string of the molecule is CC[C@H](C)NC(=O)[C@@H](C)N(Cc1ccc(F)cc1)C(=O)COc1cccc(C)c1. The molecule has 2 atom stereocenters. The van der Waals surface area contributed by atoms with E-state index in [-0.39, 0.29) is 36.8 Å². The normalized spacial score (nSPS) is 12.7. The average molecular weight is 400 g/mol. The third-order valence-corrected chi connectivity index (χ3v) is 4.79. The van der Waals surface area contributed by atoms with Crippen molar-refractivity contribution >= 4 is 11.8 Å². The van der Waals surface area contributed by atoms with Crippen molar-refractivity contribution in [3.05, 3.63) is 65.5 Å². The van der Waals surface area contributed by atoms with Gasteiger partial charge in [-0.05, 0) is 62.6 Å². The van der Waals surface area contributed by atoms with Crippen LogP contribution in [0.3, 0.4) is 0 Å². The molecule has 2 amide bonds. The standard InChI is InChI=1S/C23H29FN2O3/c1-5-17(3)25-23(28)18(4)26(14-19-9-11-20(24)12-10-19)22(27)15-29-21-8-6-7-16(2)13-21/h6-13,17-18H,5,14-15H2,1-4H3,(H,25,28)/t17-,18+/m0/s1. The summed E-state index contributed by atoms with van der Waals surface area (Å²) in [7, 11) is 0. The lowest BCUT2D eigenvalue weighted by Gasteiger charge is -2.29. The predicted octanol–water partition coefficient (Wildman–Crippen LogP) is 3.84. The van der Waals surface area contributed by atoms with E-state index >= 15 is 0 Å². The zero-order valence-corrected chi connectivity index (χ0v) is 17.4. The van der Waals surface area contributed by atoms with E-state index in [9.17, 15) is 14.0 Å². The van der Waals surface area contributed by atoms with Crippen molar-refractivity contribution in [2.24, 2.45) is 0 Å². The fourth-order valence-electron chi connectivity index (χ4n) is 2.77. The molecule has 2 aromatic rings. The molecule has 0 bridgehead atoms. The van der Waals surface area contributed by atoms with Gasteiger partial charge in [-0.3, -0.25) is 9.59 Å². The van der Waals surface area contributed by atoms with Gasteiger partial charge in [-0.25, -0.2) is 4.39 Å². The molecule has 156 valence electrons. The Bertz CT molecular complexity index is 823. The van der Waals surface area contributed by atoms with Gasteiger partial charge in [0.15, 0.2) is 6.61 Å². The van der Waals surface area contributed by atoms with Crippen LogP contribution >= 0.6 is 0 Å². The highest BCUT2D eigenvalue weighted by molar-refractivity contribution is 5.88. The lowest BCUT2D eigenvalue weighted by atomic mass is 10.1. The number of nitrogens with zero attached hydrogens (tertiary/aromatic N) is 1. The Labute approximate surface area is 171 Å². The number of hydrogen-bond donors (Lipinski definition) is 1. The lowest BCUT2D eigenvalue weighted by molar-refractivity contribution is -0.142. The van der Waals surface area contributed by atoms with Crippen LogP contribution in [0.2, 0.25) is 0 Å². The molecule has 5 nitrogen and oxygen atoms in total. The molecule has 29 heavy (non-hydrogen) atoms. The molecule has 2 aromatic carbocycles. The Morgan fingerprint density at radius 3 is 2.45 bits per heavy atom. The summed E-state index contributed by atoms with van der Waals surface area (Å²) in [5.74, 6) is -0.304. The van der Waals surface area contributed by atoms with Crippen LogP contribution in [0.1, 0.15) is 38.3 Å². The van der Waals surface area contributed by atoms with Gasteiger partial charge in [-0.15, -0.1) is 0 Å². The maximum atomic E-state index is 13.2. The third-order valence-electron chi connectivity index (χ3n) is 4.79. The number of aryl methyl sites for hydroxylation is 1. The maximum Gasteiger partial charge on any atom is 0.261 e. The Kier molecular flexibility index (Phi) is 8.19. The number of nitrogens with one attached hydrogen (secondary N) is 1. The summed E-state index contributed by atoms with van der Waals surface area (Å²) in [6.45, 7) is 7.52. The second-order valence-electron chi connectivity index (χ2n) is 7.25. The molecular weight excluding hydrogens is 371 g/mol. The summed E-state index contributed by atoms with van der Waals surface area (Å²) in [5.41, 5.74) is 1.76. The van der Waals surface area contributed by atoms with Crippen molar-refractivity contribution in [3.8, 4) is 5.75 Å². The van der Waals surface area contributed by atoms with E-state index in [0.717, 1.165) is 17.5 Å². The quantitative estimate of drug-likeness (QED) is 0.696. The van der Waals surface area contributed by atoms with E-state index in [4.69, 9.17) is 4.74 Å². The minimum atomic E-state index is -0.692. The number of benzene rings is 2. The third kappa shape index (κ3) is 6.89. The minimum absolute atomic E-state index is 0.0104. The van der Waals surface area contributed by atoms with Crippen LogP contribution in [0, 0.1) is 12.7 Å². The number of hydrogen-bond acceptors (Lipinski definition) is 3. The highest BCUT2D eigenvalue weighted by atomic mass is 19.1. The first-order chi connectivity index (χ1) is 13.8. The number of amides is 2. The molecule has 6 heteroatoms. The van der Waals surface area contributed by atoms with E-state index in [0.29, 0.717) is 5.75 Å². The average Bonchev–Trinajstić information content (AvgIpc) is 2.71. The Hall–Kier alpha value is -2.89. The molecule has 0 aliphatic heterocycles. The number of rotatable bonds is 9. The Morgan fingerprint density at radius 1 is 1.14 bits per heavy atom. The van der Waals surface area contributed by atoms with Crippen molar-refractivity contribution in [1.29, 1.82) is 0 Å². The fourth-order valence-corrected chi connectivity index (χ4v) is 2.77. The molecule has 1 N–H and O–H groups in total. The molecule has 0 aliphatic rings. The van der Waals surface area contributed by atoms with Crippen molar-refractivity contribution in [1.82, 2.24) is 10.2 Å². The lowest BCUT2D eigenvalue weighted by Crippen LogP contribution is -2.50. The molecule has 0 aromatic heterocycles. The van der Waals surface area contributed by atoms with Crippen molar-refractivity contribution < 1.29 is 18.7 Å². The molecule has 0 radical (unpaired) electrons. The van der Waals surface area contributed by atoms with E-state index in [1.807, 2.05) is 39.0 Å². The van der Waals surface area contributed by atoms with Gasteiger partial charge in [0.25, 0.3) is 5.91 Å². The first kappa shape index (κ1) is 22.4. The number of carbonyl (C=O) groups excluding carboxylic acids is 2. The van der Waals surface area contributed by atoms with E-state index < -0.39 is 6.04 Å². The van der Waals surface area contributed by atoms with Crippen LogP contribution in [0.5, 0.6) is 5.75 Å². The highest BCUT2D eigenvalue weighted by Gasteiger charge is 2.27. The van der Waals surface area contributed by atoms with Crippen LogP contribution in [0.4, 0.5) is 4.39 Å². The molecule has 0 aliphatic carbocycles. The van der Waals surface area contributed by atoms with Gasteiger partial charge in [-0.1, -0.05) is 31.2 Å². The smallest absolute Gasteiger partial charge is 0.261 e. The molecule has 0 saturated carbocycles. The Morgan fingerprint density at radius 2 is 1.83 bits per heavy atom. The molecule has 0 saturated heterocycles. The fraction of sp³-hybridized carbons (Fsp3) is 0.391. The van der Waals surface area contributed by atoms with Crippen molar-refractivity contribution in [2.45, 2.75) is 52.7 Å². The van der Waals surface area contributed by atoms with Gasteiger partial charge in [0.2, 0.25) is 5.91 Å². The summed E-state index contributed by atoms with van der Waals surface area (Å²) in [4.78, 5) is 27.0. The zero-order chi connectivity index (χ0) is 21.4. The van der Waals surface area contributed by atoms with Gasteiger partial charge < -0.3 is 15.0 Å². The maximum absolute atomic E-state index is 13.2. The predicted molar refractivity (Wildman–Crippen MR) is 111 cm³/mol. The van der Waals surface area contributed by atoms with Crippen LogP contribution in [0.15, 0.2) is 48.5 Å². The molecule has 0 unspecified atom stereocenters. The van der Waals surface area contributed by atoms with E-state index in [1.54, 1.807) is 25.1 Å². The summed E-state index contributed by atoms with van der Waals surface area (Å²) in [6.07, 6.45) is 0.792. The monoisotopic (exact) mass is 400 g/mol. The van der Waals surface area contributed by atoms with Gasteiger partial charge >= 0.3 is 0 Å². The molecular formula is C23H29FN2O3. The number of halogens is 1. The van der Waals surface area contributed by atoms with E-state index in [2.05, 4.69) is 5.32 Å². The van der Waals surface area contributed by atoms with Gasteiger partial charge in [-0.2, -0.15) is 0 Å². The number of carbonyl (C=O) groups is 2. The van der Waals surface area contributed by atoms with Crippen LogP contribution in [-0.2, 0) is 16.1 Å². The second kappa shape index (κ2) is 10.6. The summed E-state index contributed by atoms with van der Waals surface area (Å²) < 4.78 is 18.9. The first-order valence-electron chi connectivity index (χ1n) is 9.84. The topological polar surface area (TPSA) is 58.6 Å². The molecule has 0 spiro atoms.